The van der Waals surface area contributed by atoms with Crippen LogP contribution in [-0.2, 0) is 11.2 Å². The fourth-order valence-electron chi connectivity index (χ4n) is 2.41. The number of hydrogen-bond donors (Lipinski definition) is 2. The van der Waals surface area contributed by atoms with E-state index < -0.39 is 0 Å². The number of thioether (sulfide) groups is 1. The van der Waals surface area contributed by atoms with E-state index in [9.17, 15) is 14.7 Å². The third-order valence-corrected chi connectivity index (χ3v) is 5.51. The minimum Gasteiger partial charge on any atom is -0.493 e. The van der Waals surface area contributed by atoms with Gasteiger partial charge in [0, 0.05) is 20.0 Å². The van der Waals surface area contributed by atoms with Crippen molar-refractivity contribution in [2.75, 3.05) is 19.8 Å². The highest BCUT2D eigenvalue weighted by Crippen LogP contribution is 2.43. The fourth-order valence-corrected chi connectivity index (χ4v) is 3.44. The van der Waals surface area contributed by atoms with Gasteiger partial charge in [0.2, 0.25) is 11.8 Å². The summed E-state index contributed by atoms with van der Waals surface area (Å²) in [5.74, 6) is 0.289. The molecule has 21 heavy (non-hydrogen) atoms. The fraction of sp³-hybridized carbons (Fsp3) is 0.643. The first-order valence-electron chi connectivity index (χ1n) is 6.99. The van der Waals surface area contributed by atoms with Gasteiger partial charge in [-0.25, -0.2) is 4.98 Å². The Morgan fingerprint density at radius 3 is 2.67 bits per heavy atom. The van der Waals surface area contributed by atoms with Gasteiger partial charge < -0.3 is 15.0 Å². The summed E-state index contributed by atoms with van der Waals surface area (Å²) in [4.78, 5) is 32.3. The largest absolute Gasteiger partial charge is 0.493 e. The Bertz CT molecular complexity index is 590. The second-order valence-electron chi connectivity index (χ2n) is 5.49. The summed E-state index contributed by atoms with van der Waals surface area (Å²) in [6, 6.07) is 0. The molecule has 1 amide bonds. The lowest BCUT2D eigenvalue weighted by molar-refractivity contribution is -0.134. The summed E-state index contributed by atoms with van der Waals surface area (Å²) in [5.41, 5.74) is -0.134. The molecule has 0 radical (unpaired) electrons. The first kappa shape index (κ1) is 15.9. The van der Waals surface area contributed by atoms with Gasteiger partial charge in [-0.1, -0.05) is 0 Å². The number of aromatic nitrogens is 2. The Labute approximate surface area is 128 Å². The van der Waals surface area contributed by atoms with E-state index in [1.54, 1.807) is 23.7 Å². The lowest BCUT2D eigenvalue weighted by atomic mass is 9.83. The molecule has 1 heterocycles. The molecule has 6 nitrogen and oxygen atoms in total. The first-order chi connectivity index (χ1) is 9.89. The molecule has 1 aliphatic carbocycles. The van der Waals surface area contributed by atoms with Gasteiger partial charge in [-0.2, -0.15) is 0 Å². The van der Waals surface area contributed by atoms with Crippen LogP contribution in [0.15, 0.2) is 4.79 Å². The summed E-state index contributed by atoms with van der Waals surface area (Å²) in [6.07, 6.45) is 5.34. The van der Waals surface area contributed by atoms with Crippen LogP contribution in [0.5, 0.6) is 5.88 Å². The van der Waals surface area contributed by atoms with Gasteiger partial charge >= 0.3 is 0 Å². The summed E-state index contributed by atoms with van der Waals surface area (Å²) in [5, 5.41) is 9.55. The summed E-state index contributed by atoms with van der Waals surface area (Å²) >= 11 is 1.62. The van der Waals surface area contributed by atoms with Crippen molar-refractivity contribution in [3.63, 3.8) is 0 Å². The standard InChI is InChI=1S/C14H21N3O3S/c1-9-11(18)15-10(16-12(9)19)5-8-17(2)13(20)14(21-3)6-4-7-14/h4-8H2,1-3H3,(H2,15,16,18,19). The Morgan fingerprint density at radius 1 is 1.52 bits per heavy atom. The average molecular weight is 311 g/mol. The molecule has 0 aromatic carbocycles. The summed E-state index contributed by atoms with van der Waals surface area (Å²) < 4.78 is -0.259. The molecule has 0 saturated heterocycles. The predicted molar refractivity (Wildman–Crippen MR) is 82.7 cm³/mol. The summed E-state index contributed by atoms with van der Waals surface area (Å²) in [6.45, 7) is 1.98. The van der Waals surface area contributed by atoms with Crippen LogP contribution in [0.1, 0.15) is 30.7 Å². The number of hydrogen-bond acceptors (Lipinski definition) is 5. The third-order valence-electron chi connectivity index (χ3n) is 4.15. The number of aromatic hydroxyl groups is 1. The molecule has 0 bridgehead atoms. The molecule has 7 heteroatoms. The average Bonchev–Trinajstić information content (AvgIpc) is 2.41. The molecule has 1 aromatic heterocycles. The van der Waals surface area contributed by atoms with Crippen LogP contribution in [0.25, 0.3) is 0 Å². The highest BCUT2D eigenvalue weighted by molar-refractivity contribution is 8.00. The minimum atomic E-state index is -0.342. The Morgan fingerprint density at radius 2 is 2.19 bits per heavy atom. The van der Waals surface area contributed by atoms with Gasteiger partial charge in [-0.3, -0.25) is 9.59 Å². The van der Waals surface area contributed by atoms with Crippen molar-refractivity contribution in [1.29, 1.82) is 0 Å². The SMILES string of the molecule is CSC1(C(=O)N(C)CCc2nc(O)c(C)c(=O)[nH]2)CCC1. The van der Waals surface area contributed by atoms with E-state index in [0.717, 1.165) is 19.3 Å². The van der Waals surface area contributed by atoms with Crippen molar-refractivity contribution in [2.45, 2.75) is 37.4 Å². The Kier molecular flexibility index (Phi) is 4.61. The number of nitrogens with zero attached hydrogens (tertiary/aromatic N) is 2. The quantitative estimate of drug-likeness (QED) is 0.849. The first-order valence-corrected chi connectivity index (χ1v) is 8.21. The van der Waals surface area contributed by atoms with Gasteiger partial charge in [-0.05, 0) is 32.4 Å². The maximum absolute atomic E-state index is 12.5. The third kappa shape index (κ3) is 3.07. The molecule has 1 saturated carbocycles. The van der Waals surface area contributed by atoms with Gasteiger partial charge in [0.25, 0.3) is 5.56 Å². The van der Waals surface area contributed by atoms with Crippen LogP contribution in [0.4, 0.5) is 0 Å². The van der Waals surface area contributed by atoms with Gasteiger partial charge in [0.1, 0.15) is 5.82 Å². The second kappa shape index (κ2) is 6.09. The number of carbonyl (C=O) groups is 1. The van der Waals surface area contributed by atoms with E-state index >= 15 is 0 Å². The predicted octanol–water partition coefficient (Wildman–Crippen LogP) is 1.07. The van der Waals surface area contributed by atoms with Crippen molar-refractivity contribution in [3.05, 3.63) is 21.7 Å². The molecule has 1 fully saturated rings. The normalized spacial score (nSPS) is 16.3. The Balaban J connectivity index is 2.00. The van der Waals surface area contributed by atoms with Crippen molar-refractivity contribution in [3.8, 4) is 5.88 Å². The molecular weight excluding hydrogens is 290 g/mol. The van der Waals surface area contributed by atoms with Crippen LogP contribution in [0.2, 0.25) is 0 Å². The van der Waals surface area contributed by atoms with E-state index in [1.807, 2.05) is 6.26 Å². The zero-order chi connectivity index (χ0) is 15.6. The minimum absolute atomic E-state index is 0.139. The number of aromatic amines is 1. The molecule has 2 N–H and O–H groups in total. The van der Waals surface area contributed by atoms with Crippen LogP contribution in [0.3, 0.4) is 0 Å². The van der Waals surface area contributed by atoms with Crippen LogP contribution in [0, 0.1) is 6.92 Å². The summed E-state index contributed by atoms with van der Waals surface area (Å²) in [7, 11) is 1.77. The zero-order valence-corrected chi connectivity index (χ0v) is 13.4. The van der Waals surface area contributed by atoms with E-state index in [-0.39, 0.29) is 27.7 Å². The molecule has 116 valence electrons. The maximum atomic E-state index is 12.5. The van der Waals surface area contributed by atoms with Gasteiger partial charge in [-0.15, -0.1) is 11.8 Å². The lowest BCUT2D eigenvalue weighted by Crippen LogP contribution is -2.50. The number of likely N-dealkylation sites (N-methyl/N-ethyl adjacent to an activating group) is 1. The Hall–Kier alpha value is -1.50. The monoisotopic (exact) mass is 311 g/mol. The number of nitrogens with one attached hydrogen (secondary N) is 1. The molecule has 0 aliphatic heterocycles. The second-order valence-corrected chi connectivity index (χ2v) is 6.68. The molecule has 0 spiro atoms. The highest BCUT2D eigenvalue weighted by atomic mass is 32.2. The molecule has 2 rings (SSSR count). The van der Waals surface area contributed by atoms with Crippen LogP contribution in [-0.4, -0.2) is 50.5 Å². The highest BCUT2D eigenvalue weighted by Gasteiger charge is 2.44. The number of carbonyl (C=O) groups excluding carboxylic acids is 1. The molecular formula is C14H21N3O3S. The lowest BCUT2D eigenvalue weighted by Gasteiger charge is -2.41. The van der Waals surface area contributed by atoms with Crippen LogP contribution >= 0.6 is 11.8 Å². The van der Waals surface area contributed by atoms with Crippen molar-refractivity contribution < 1.29 is 9.90 Å². The number of H-pyrrole nitrogens is 1. The molecule has 1 aliphatic rings. The topological polar surface area (TPSA) is 86.3 Å². The van der Waals surface area contributed by atoms with E-state index in [2.05, 4.69) is 9.97 Å². The van der Waals surface area contributed by atoms with E-state index in [4.69, 9.17) is 0 Å². The molecule has 0 atom stereocenters. The number of rotatable bonds is 5. The van der Waals surface area contributed by atoms with Crippen molar-refractivity contribution in [2.24, 2.45) is 0 Å². The van der Waals surface area contributed by atoms with Gasteiger partial charge in [0.15, 0.2) is 0 Å². The smallest absolute Gasteiger partial charge is 0.257 e. The molecule has 1 aromatic rings. The van der Waals surface area contributed by atoms with Crippen LogP contribution < -0.4 is 5.56 Å². The number of amides is 1. The maximum Gasteiger partial charge on any atom is 0.257 e. The zero-order valence-electron chi connectivity index (χ0n) is 12.6. The van der Waals surface area contributed by atoms with E-state index in [0.29, 0.717) is 18.8 Å². The van der Waals surface area contributed by atoms with Crippen molar-refractivity contribution >= 4 is 17.7 Å². The van der Waals surface area contributed by atoms with Gasteiger partial charge in [0.05, 0.1) is 10.3 Å². The van der Waals surface area contributed by atoms with Crippen molar-refractivity contribution in [1.82, 2.24) is 14.9 Å². The van der Waals surface area contributed by atoms with E-state index in [1.165, 1.54) is 6.92 Å². The molecule has 0 unspecified atom stereocenters.